The minimum Gasteiger partial charge on any atom is -0.489 e. The summed E-state index contributed by atoms with van der Waals surface area (Å²) >= 11 is 0. The maximum absolute atomic E-state index is 13.1. The molecule has 5 rings (SSSR count). The fourth-order valence-corrected chi connectivity index (χ4v) is 3.56. The summed E-state index contributed by atoms with van der Waals surface area (Å²) in [6, 6.07) is 15.6. The first kappa shape index (κ1) is 20.4. The van der Waals surface area contributed by atoms with Gasteiger partial charge in [0.25, 0.3) is 11.8 Å². The predicted molar refractivity (Wildman–Crippen MR) is 116 cm³/mol. The van der Waals surface area contributed by atoms with E-state index in [2.05, 4.69) is 31.1 Å². The molecule has 11 nitrogen and oxygen atoms in total. The Labute approximate surface area is 187 Å². The van der Waals surface area contributed by atoms with E-state index in [9.17, 15) is 9.59 Å². The molecule has 0 spiro atoms. The van der Waals surface area contributed by atoms with Crippen molar-refractivity contribution in [1.29, 1.82) is 0 Å². The van der Waals surface area contributed by atoms with Crippen LogP contribution in [-0.4, -0.2) is 57.3 Å². The van der Waals surface area contributed by atoms with Crippen LogP contribution >= 0.6 is 0 Å². The van der Waals surface area contributed by atoms with E-state index in [1.54, 1.807) is 31.3 Å². The van der Waals surface area contributed by atoms with E-state index in [1.807, 2.05) is 30.3 Å². The number of benzene rings is 2. The Hall–Kier alpha value is -4.54. The van der Waals surface area contributed by atoms with Gasteiger partial charge in [-0.2, -0.15) is 0 Å². The van der Waals surface area contributed by atoms with E-state index in [-0.39, 0.29) is 18.2 Å². The summed E-state index contributed by atoms with van der Waals surface area (Å²) in [5, 5.41) is 20.2. The molecule has 1 aliphatic rings. The number of aromatic amines is 1. The van der Waals surface area contributed by atoms with Gasteiger partial charge in [-0.3, -0.25) is 9.59 Å². The third kappa shape index (κ3) is 4.15. The molecular formula is C22H19N7O4. The molecule has 2 aromatic heterocycles. The third-order valence-corrected chi connectivity index (χ3v) is 5.29. The van der Waals surface area contributed by atoms with Gasteiger partial charge in [0.2, 0.25) is 0 Å². The van der Waals surface area contributed by atoms with Crippen LogP contribution in [0.2, 0.25) is 0 Å². The molecular weight excluding hydrogens is 426 g/mol. The van der Waals surface area contributed by atoms with Crippen LogP contribution < -0.4 is 15.0 Å². The average molecular weight is 445 g/mol. The summed E-state index contributed by atoms with van der Waals surface area (Å²) in [4.78, 5) is 27.2. The molecule has 1 aliphatic heterocycles. The van der Waals surface area contributed by atoms with Crippen molar-refractivity contribution in [3.05, 3.63) is 71.6 Å². The lowest BCUT2D eigenvalue weighted by molar-refractivity contribution is -0.120. The van der Waals surface area contributed by atoms with Crippen molar-refractivity contribution in [1.82, 2.24) is 31.1 Å². The van der Waals surface area contributed by atoms with Crippen molar-refractivity contribution >= 4 is 17.5 Å². The lowest BCUT2D eigenvalue weighted by atomic mass is 10.1. The number of H-pyrrole nitrogens is 1. The maximum atomic E-state index is 13.1. The molecule has 0 radical (unpaired) electrons. The highest BCUT2D eigenvalue weighted by Crippen LogP contribution is 2.34. The molecule has 1 atom stereocenters. The number of nitrogens with one attached hydrogen (secondary N) is 2. The van der Waals surface area contributed by atoms with E-state index in [0.29, 0.717) is 35.0 Å². The minimum absolute atomic E-state index is 0.0279. The van der Waals surface area contributed by atoms with Gasteiger partial charge in [-0.25, -0.2) is 5.10 Å². The SMILES string of the molecule is CN1C(=O)C(NC(=O)c2cc(Cc3ccccc3)on2)COc2ccc(-c3nnn[nH]3)cc21. The molecule has 0 saturated carbocycles. The number of ether oxygens (including phenoxy) is 1. The molecule has 166 valence electrons. The largest absolute Gasteiger partial charge is 0.489 e. The van der Waals surface area contributed by atoms with Gasteiger partial charge in [-0.15, -0.1) is 5.10 Å². The Kier molecular flexibility index (Phi) is 5.27. The summed E-state index contributed by atoms with van der Waals surface area (Å²) in [5.74, 6) is 0.667. The van der Waals surface area contributed by atoms with E-state index >= 15 is 0 Å². The van der Waals surface area contributed by atoms with E-state index in [4.69, 9.17) is 9.26 Å². The second kappa shape index (κ2) is 8.54. The number of rotatable bonds is 5. The summed E-state index contributed by atoms with van der Waals surface area (Å²) in [5.41, 5.74) is 2.36. The fraction of sp³-hybridized carbons (Fsp3) is 0.182. The zero-order chi connectivity index (χ0) is 22.8. The number of nitrogens with zero attached hydrogens (tertiary/aromatic N) is 5. The van der Waals surface area contributed by atoms with Crippen LogP contribution in [0.5, 0.6) is 5.75 Å². The van der Waals surface area contributed by atoms with Gasteiger partial charge in [0, 0.05) is 25.1 Å². The molecule has 1 unspecified atom stereocenters. The third-order valence-electron chi connectivity index (χ3n) is 5.29. The lowest BCUT2D eigenvalue weighted by Gasteiger charge is -2.20. The second-order valence-electron chi connectivity index (χ2n) is 7.51. The van der Waals surface area contributed by atoms with Gasteiger partial charge < -0.3 is 19.5 Å². The maximum Gasteiger partial charge on any atom is 0.274 e. The van der Waals surface area contributed by atoms with Gasteiger partial charge >= 0.3 is 0 Å². The molecule has 2 N–H and O–H groups in total. The van der Waals surface area contributed by atoms with Crippen molar-refractivity contribution in [3.8, 4) is 17.1 Å². The van der Waals surface area contributed by atoms with Crippen LogP contribution in [0, 0.1) is 0 Å². The molecule has 33 heavy (non-hydrogen) atoms. The number of likely N-dealkylation sites (N-methyl/N-ethyl adjacent to an activating group) is 1. The van der Waals surface area contributed by atoms with Gasteiger partial charge in [-0.1, -0.05) is 35.5 Å². The van der Waals surface area contributed by atoms with Crippen LogP contribution in [0.15, 0.2) is 59.1 Å². The normalized spacial score (nSPS) is 15.5. The first-order chi connectivity index (χ1) is 16.1. The Morgan fingerprint density at radius 2 is 2.06 bits per heavy atom. The quantitative estimate of drug-likeness (QED) is 0.472. The lowest BCUT2D eigenvalue weighted by Crippen LogP contribution is -2.49. The first-order valence-electron chi connectivity index (χ1n) is 10.2. The van der Waals surface area contributed by atoms with Gasteiger partial charge in [-0.05, 0) is 34.2 Å². The van der Waals surface area contributed by atoms with Crippen LogP contribution in [-0.2, 0) is 11.2 Å². The molecule has 4 aromatic rings. The summed E-state index contributed by atoms with van der Waals surface area (Å²) in [6.07, 6.45) is 0.508. The highest BCUT2D eigenvalue weighted by atomic mass is 16.5. The first-order valence-corrected chi connectivity index (χ1v) is 10.2. The number of carbonyl (C=O) groups excluding carboxylic acids is 2. The number of hydrogen-bond acceptors (Lipinski definition) is 8. The monoisotopic (exact) mass is 445 g/mol. The number of tetrazole rings is 1. The number of hydrogen-bond donors (Lipinski definition) is 2. The van der Waals surface area contributed by atoms with Crippen LogP contribution in [0.3, 0.4) is 0 Å². The number of amides is 2. The average Bonchev–Trinajstić information content (AvgIpc) is 3.52. The van der Waals surface area contributed by atoms with Crippen LogP contribution in [0.1, 0.15) is 21.8 Å². The molecule has 2 aromatic carbocycles. The molecule has 3 heterocycles. The fourth-order valence-electron chi connectivity index (χ4n) is 3.56. The van der Waals surface area contributed by atoms with Gasteiger partial charge in [0.15, 0.2) is 11.5 Å². The van der Waals surface area contributed by atoms with Crippen molar-refractivity contribution < 1.29 is 18.8 Å². The molecule has 0 bridgehead atoms. The van der Waals surface area contributed by atoms with Crippen molar-refractivity contribution in [2.45, 2.75) is 12.5 Å². The molecule has 0 saturated heterocycles. The van der Waals surface area contributed by atoms with Gasteiger partial charge in [0.1, 0.15) is 24.2 Å². The summed E-state index contributed by atoms with van der Waals surface area (Å²) in [7, 11) is 1.62. The topological polar surface area (TPSA) is 139 Å². The van der Waals surface area contributed by atoms with Crippen LogP contribution in [0.25, 0.3) is 11.4 Å². The summed E-state index contributed by atoms with van der Waals surface area (Å²) < 4.78 is 11.1. The van der Waals surface area contributed by atoms with E-state index in [0.717, 1.165) is 5.56 Å². The molecule has 0 aliphatic carbocycles. The smallest absolute Gasteiger partial charge is 0.274 e. The highest BCUT2D eigenvalue weighted by Gasteiger charge is 2.31. The highest BCUT2D eigenvalue weighted by molar-refractivity contribution is 6.03. The number of aromatic nitrogens is 5. The van der Waals surface area contributed by atoms with Crippen LogP contribution in [0.4, 0.5) is 5.69 Å². The Balaban J connectivity index is 1.29. The predicted octanol–water partition coefficient (Wildman–Crippen LogP) is 1.60. The standard InChI is InChI=1S/C22H19N7O4/c1-29-18-10-14(20-24-27-28-25-20)7-8-19(18)32-12-17(22(29)31)23-21(30)16-11-15(33-26-16)9-13-5-3-2-4-6-13/h2-8,10-11,17H,9,12H2,1H3,(H,23,30)(H,24,25,27,28). The van der Waals surface area contributed by atoms with Crippen molar-refractivity contribution in [2.24, 2.45) is 0 Å². The number of anilines is 1. The van der Waals surface area contributed by atoms with Gasteiger partial charge in [0.05, 0.1) is 5.69 Å². The number of carbonyl (C=O) groups is 2. The van der Waals surface area contributed by atoms with Crippen molar-refractivity contribution in [2.75, 3.05) is 18.6 Å². The Morgan fingerprint density at radius 1 is 1.21 bits per heavy atom. The van der Waals surface area contributed by atoms with E-state index in [1.165, 1.54) is 4.90 Å². The zero-order valence-electron chi connectivity index (χ0n) is 17.6. The Bertz CT molecular complexity index is 1290. The van der Waals surface area contributed by atoms with Crippen molar-refractivity contribution in [3.63, 3.8) is 0 Å². The molecule has 11 heteroatoms. The molecule has 0 fully saturated rings. The molecule has 2 amide bonds. The van der Waals surface area contributed by atoms with E-state index < -0.39 is 11.9 Å². The number of fused-ring (bicyclic) bond motifs is 1. The Morgan fingerprint density at radius 3 is 2.85 bits per heavy atom. The minimum atomic E-state index is -0.903. The zero-order valence-corrected chi connectivity index (χ0v) is 17.6. The summed E-state index contributed by atoms with van der Waals surface area (Å²) in [6.45, 7) is -0.0279. The second-order valence-corrected chi connectivity index (χ2v) is 7.51.